The number of thiocarbonyl (C=S) groups is 1. The molecule has 0 atom stereocenters. The van der Waals surface area contributed by atoms with Crippen molar-refractivity contribution in [1.29, 1.82) is 0 Å². The number of hydrogen-bond acceptors (Lipinski definition) is 3. The van der Waals surface area contributed by atoms with E-state index >= 15 is 0 Å². The minimum atomic E-state index is -0.553. The third-order valence-electron chi connectivity index (χ3n) is 1.88. The number of benzene rings is 1. The number of carbonyl (C=O) groups excluding carboxylic acids is 1. The number of amides is 1. The molecular formula is C12H15BrN2O2S. The maximum Gasteiger partial charge on any atom is 0.412 e. The quantitative estimate of drug-likeness (QED) is 0.815. The normalized spacial score (nSPS) is 10.9. The summed E-state index contributed by atoms with van der Waals surface area (Å²) in [6.45, 7) is 5.38. The van der Waals surface area contributed by atoms with Gasteiger partial charge in [0.25, 0.3) is 0 Å². The molecule has 0 fully saturated rings. The molecule has 0 saturated heterocycles. The lowest BCUT2D eigenvalue weighted by Gasteiger charge is -2.20. The molecule has 0 radical (unpaired) electrons. The highest BCUT2D eigenvalue weighted by molar-refractivity contribution is 9.10. The molecular weight excluding hydrogens is 316 g/mol. The van der Waals surface area contributed by atoms with E-state index in [0.29, 0.717) is 11.3 Å². The van der Waals surface area contributed by atoms with Crippen molar-refractivity contribution < 1.29 is 9.53 Å². The van der Waals surface area contributed by atoms with E-state index in [4.69, 9.17) is 22.7 Å². The van der Waals surface area contributed by atoms with Gasteiger partial charge in [0.1, 0.15) is 10.6 Å². The number of hydrogen-bond donors (Lipinski definition) is 2. The van der Waals surface area contributed by atoms with Crippen molar-refractivity contribution in [2.24, 2.45) is 5.73 Å². The van der Waals surface area contributed by atoms with E-state index in [0.717, 1.165) is 4.47 Å². The van der Waals surface area contributed by atoms with E-state index in [2.05, 4.69) is 21.2 Å². The van der Waals surface area contributed by atoms with Gasteiger partial charge in [0.2, 0.25) is 0 Å². The van der Waals surface area contributed by atoms with Crippen LogP contribution in [0.3, 0.4) is 0 Å². The van der Waals surface area contributed by atoms with Crippen molar-refractivity contribution in [2.45, 2.75) is 26.4 Å². The van der Waals surface area contributed by atoms with Gasteiger partial charge in [-0.25, -0.2) is 4.79 Å². The van der Waals surface area contributed by atoms with Crippen LogP contribution in [0.25, 0.3) is 0 Å². The van der Waals surface area contributed by atoms with Crippen molar-refractivity contribution in [1.82, 2.24) is 0 Å². The van der Waals surface area contributed by atoms with Gasteiger partial charge in [-0.1, -0.05) is 28.1 Å². The van der Waals surface area contributed by atoms with Crippen LogP contribution >= 0.6 is 28.1 Å². The summed E-state index contributed by atoms with van der Waals surface area (Å²) in [5.41, 5.74) is 6.17. The van der Waals surface area contributed by atoms with Crippen LogP contribution in [-0.4, -0.2) is 16.7 Å². The van der Waals surface area contributed by atoms with Crippen molar-refractivity contribution in [3.63, 3.8) is 0 Å². The number of ether oxygens (including phenoxy) is 1. The smallest absolute Gasteiger partial charge is 0.412 e. The zero-order valence-corrected chi connectivity index (χ0v) is 12.8. The monoisotopic (exact) mass is 330 g/mol. The van der Waals surface area contributed by atoms with Gasteiger partial charge >= 0.3 is 6.09 Å². The average molecular weight is 331 g/mol. The summed E-state index contributed by atoms with van der Waals surface area (Å²) < 4.78 is 5.99. The van der Waals surface area contributed by atoms with Crippen LogP contribution in [0.2, 0.25) is 0 Å². The molecule has 0 aliphatic heterocycles. The first kappa shape index (κ1) is 14.9. The fourth-order valence-corrected chi connectivity index (χ4v) is 1.77. The largest absolute Gasteiger partial charge is 0.444 e. The molecule has 0 aromatic heterocycles. The van der Waals surface area contributed by atoms with E-state index in [1.54, 1.807) is 39.0 Å². The molecule has 98 valence electrons. The van der Waals surface area contributed by atoms with Gasteiger partial charge in [0.05, 0.1) is 5.69 Å². The van der Waals surface area contributed by atoms with Gasteiger partial charge in [-0.05, 0) is 39.0 Å². The maximum absolute atomic E-state index is 11.7. The van der Waals surface area contributed by atoms with Gasteiger partial charge in [-0.15, -0.1) is 0 Å². The topological polar surface area (TPSA) is 64.3 Å². The molecule has 0 unspecified atom stereocenters. The Bertz CT molecular complexity index is 483. The van der Waals surface area contributed by atoms with Crippen LogP contribution in [0.1, 0.15) is 26.3 Å². The van der Waals surface area contributed by atoms with Gasteiger partial charge in [-0.2, -0.15) is 0 Å². The zero-order chi connectivity index (χ0) is 13.9. The van der Waals surface area contributed by atoms with Crippen LogP contribution in [0.4, 0.5) is 10.5 Å². The molecule has 0 bridgehead atoms. The summed E-state index contributed by atoms with van der Waals surface area (Å²) in [5.74, 6) is 0. The van der Waals surface area contributed by atoms with Crippen molar-refractivity contribution >= 4 is 44.9 Å². The molecule has 18 heavy (non-hydrogen) atoms. The van der Waals surface area contributed by atoms with Crippen LogP contribution in [0.15, 0.2) is 22.7 Å². The Hall–Kier alpha value is -1.14. The Morgan fingerprint density at radius 3 is 2.56 bits per heavy atom. The number of halogens is 1. The Morgan fingerprint density at radius 2 is 2.06 bits per heavy atom. The molecule has 0 saturated carbocycles. The van der Waals surface area contributed by atoms with E-state index in [9.17, 15) is 4.79 Å². The lowest BCUT2D eigenvalue weighted by atomic mass is 10.2. The first-order valence-electron chi connectivity index (χ1n) is 5.28. The molecule has 6 heteroatoms. The Balaban J connectivity index is 2.91. The number of nitrogens with one attached hydrogen (secondary N) is 1. The summed E-state index contributed by atoms with van der Waals surface area (Å²) in [4.78, 5) is 11.9. The number of carbonyl (C=O) groups is 1. The third kappa shape index (κ3) is 4.62. The Kier molecular flexibility index (Phi) is 4.70. The van der Waals surface area contributed by atoms with Crippen molar-refractivity contribution in [3.8, 4) is 0 Å². The van der Waals surface area contributed by atoms with Crippen LogP contribution in [-0.2, 0) is 4.74 Å². The lowest BCUT2D eigenvalue weighted by molar-refractivity contribution is 0.0636. The summed E-state index contributed by atoms with van der Waals surface area (Å²) in [7, 11) is 0. The average Bonchev–Trinajstić information content (AvgIpc) is 2.17. The predicted molar refractivity (Wildman–Crippen MR) is 79.9 cm³/mol. The van der Waals surface area contributed by atoms with Crippen LogP contribution in [0.5, 0.6) is 0 Å². The third-order valence-corrected chi connectivity index (χ3v) is 2.60. The highest BCUT2D eigenvalue weighted by atomic mass is 79.9. The molecule has 1 amide bonds. The second-order valence-electron chi connectivity index (χ2n) is 4.68. The highest BCUT2D eigenvalue weighted by Gasteiger charge is 2.17. The minimum absolute atomic E-state index is 0.211. The fraction of sp³-hybridized carbons (Fsp3) is 0.333. The molecule has 1 aromatic carbocycles. The standard InChI is InChI=1S/C12H15BrN2O2S/c1-12(2,3)17-11(16)15-9-5-4-7(13)6-8(9)10(14)18/h4-6H,1-3H3,(H2,14,18)(H,15,16). The lowest BCUT2D eigenvalue weighted by Crippen LogP contribution is -2.28. The zero-order valence-electron chi connectivity index (χ0n) is 10.4. The fourth-order valence-electron chi connectivity index (χ4n) is 1.24. The van der Waals surface area contributed by atoms with Crippen molar-refractivity contribution in [3.05, 3.63) is 28.2 Å². The molecule has 1 rings (SSSR count). The van der Waals surface area contributed by atoms with E-state index < -0.39 is 11.7 Å². The molecule has 0 aliphatic rings. The van der Waals surface area contributed by atoms with E-state index in [1.807, 2.05) is 0 Å². The number of anilines is 1. The summed E-state index contributed by atoms with van der Waals surface area (Å²) in [6, 6.07) is 5.24. The second kappa shape index (κ2) is 5.67. The Morgan fingerprint density at radius 1 is 1.44 bits per heavy atom. The maximum atomic E-state index is 11.7. The molecule has 1 aromatic rings. The molecule has 3 N–H and O–H groups in total. The summed E-state index contributed by atoms with van der Waals surface area (Å²) in [5, 5.41) is 2.63. The van der Waals surface area contributed by atoms with Gasteiger partial charge in [-0.3, -0.25) is 5.32 Å². The van der Waals surface area contributed by atoms with Crippen LogP contribution in [0, 0.1) is 0 Å². The number of nitrogens with two attached hydrogens (primary N) is 1. The summed E-state index contributed by atoms with van der Waals surface area (Å²) in [6.07, 6.45) is -0.540. The SMILES string of the molecule is CC(C)(C)OC(=O)Nc1ccc(Br)cc1C(N)=S. The van der Waals surface area contributed by atoms with Crippen LogP contribution < -0.4 is 11.1 Å². The molecule has 0 heterocycles. The number of rotatable bonds is 2. The van der Waals surface area contributed by atoms with Crippen molar-refractivity contribution in [2.75, 3.05) is 5.32 Å². The molecule has 4 nitrogen and oxygen atoms in total. The predicted octanol–water partition coefficient (Wildman–Crippen LogP) is 3.43. The first-order chi connectivity index (χ1) is 8.19. The van der Waals surface area contributed by atoms with Gasteiger partial charge in [0.15, 0.2) is 0 Å². The van der Waals surface area contributed by atoms with E-state index in [1.165, 1.54) is 0 Å². The second-order valence-corrected chi connectivity index (χ2v) is 6.04. The van der Waals surface area contributed by atoms with Gasteiger partial charge in [0, 0.05) is 10.0 Å². The minimum Gasteiger partial charge on any atom is -0.444 e. The first-order valence-corrected chi connectivity index (χ1v) is 6.48. The highest BCUT2D eigenvalue weighted by Crippen LogP contribution is 2.21. The molecule has 0 aliphatic carbocycles. The summed E-state index contributed by atoms with van der Waals surface area (Å²) >= 11 is 8.26. The molecule has 0 spiro atoms. The van der Waals surface area contributed by atoms with E-state index in [-0.39, 0.29) is 4.99 Å². The van der Waals surface area contributed by atoms with Gasteiger partial charge < -0.3 is 10.5 Å². The Labute approximate surface area is 120 Å².